The van der Waals surface area contributed by atoms with Crippen molar-refractivity contribution in [2.24, 2.45) is 5.92 Å². The van der Waals surface area contributed by atoms with Crippen LogP contribution in [0.2, 0.25) is 0 Å². The van der Waals surface area contributed by atoms with Gasteiger partial charge in [-0.15, -0.1) is 0 Å². The van der Waals surface area contributed by atoms with Crippen molar-refractivity contribution in [2.45, 2.75) is 63.6 Å². The van der Waals surface area contributed by atoms with E-state index in [0.717, 1.165) is 12.3 Å². The highest BCUT2D eigenvalue weighted by Gasteiger charge is 2.43. The molecule has 1 aliphatic carbocycles. The van der Waals surface area contributed by atoms with Crippen molar-refractivity contribution in [3.63, 3.8) is 0 Å². The molecule has 0 aromatic carbocycles. The van der Waals surface area contributed by atoms with Crippen LogP contribution >= 0.6 is 0 Å². The third-order valence-electron chi connectivity index (χ3n) is 3.71. The molecule has 2 fully saturated rings. The predicted octanol–water partition coefficient (Wildman–Crippen LogP) is 0.953. The average molecular weight is 272 g/mol. The maximum absolute atomic E-state index is 10.9. The lowest BCUT2D eigenvalue weighted by Gasteiger charge is -2.26. The Balaban J connectivity index is 1.56. The quantitative estimate of drug-likeness (QED) is 0.237. The number of carbonyl (C=O) groups excluding carboxylic acids is 1. The van der Waals surface area contributed by atoms with E-state index in [2.05, 4.69) is 0 Å². The lowest BCUT2D eigenvalue weighted by atomic mass is 9.86. The maximum atomic E-state index is 10.9. The summed E-state index contributed by atoms with van der Waals surface area (Å²) in [6.45, 7) is 3.94. The maximum Gasteiger partial charge on any atom is 0.304 e. The van der Waals surface area contributed by atoms with E-state index < -0.39 is 5.41 Å². The summed E-state index contributed by atoms with van der Waals surface area (Å²) >= 11 is 0. The van der Waals surface area contributed by atoms with Crippen molar-refractivity contribution in [2.75, 3.05) is 6.61 Å². The van der Waals surface area contributed by atoms with Gasteiger partial charge in [0.1, 0.15) is 0 Å². The van der Waals surface area contributed by atoms with Crippen molar-refractivity contribution in [1.29, 1.82) is 0 Å². The van der Waals surface area contributed by atoms with E-state index >= 15 is 0 Å². The largest absolute Gasteiger partial charge is 0.439 e. The summed E-state index contributed by atoms with van der Waals surface area (Å²) in [5, 5.41) is 0. The van der Waals surface area contributed by atoms with Crippen LogP contribution in [0.3, 0.4) is 0 Å². The van der Waals surface area contributed by atoms with E-state index in [9.17, 15) is 4.79 Å². The van der Waals surface area contributed by atoms with E-state index in [1.165, 1.54) is 32.6 Å². The third kappa shape index (κ3) is 4.37. The van der Waals surface area contributed by atoms with Crippen LogP contribution in [0.25, 0.3) is 0 Å². The van der Waals surface area contributed by atoms with Gasteiger partial charge >= 0.3 is 5.97 Å². The number of hydrogen-bond acceptors (Lipinski definition) is 4. The molecule has 1 saturated heterocycles. The minimum absolute atomic E-state index is 0.267. The normalized spacial score (nSPS) is 33.6. The Morgan fingerprint density at radius 1 is 1.44 bits per heavy atom. The molecule has 1 heterocycles. The monoisotopic (exact) mass is 272 g/mol. The number of fused-ring (bicyclic) bond motifs is 1. The molecule has 5 heteroatoms. The van der Waals surface area contributed by atoms with Crippen molar-refractivity contribution in [3.05, 3.63) is 0 Å². The Bertz CT molecular complexity index is 305. The molecule has 4 unspecified atom stereocenters. The molecule has 4 nitrogen and oxygen atoms in total. The molecule has 18 heavy (non-hydrogen) atoms. The van der Waals surface area contributed by atoms with Gasteiger partial charge < -0.3 is 14.2 Å². The second-order valence-corrected chi connectivity index (χ2v) is 7.69. The van der Waals surface area contributed by atoms with E-state index in [-0.39, 0.29) is 5.97 Å². The molecule has 2 aliphatic rings. The van der Waals surface area contributed by atoms with Gasteiger partial charge in [-0.2, -0.15) is 0 Å². The molecule has 1 saturated carbocycles. The first kappa shape index (κ1) is 14.0. The van der Waals surface area contributed by atoms with Gasteiger partial charge in [0.15, 0.2) is 5.41 Å². The SMILES string of the molecule is CC(=O)OC(C)([SiH3])OCCCC1CCC2OC2C1. The molecule has 0 bridgehead atoms. The Hall–Kier alpha value is -0.393. The summed E-state index contributed by atoms with van der Waals surface area (Å²) in [4.78, 5) is 10.9. The minimum Gasteiger partial charge on any atom is -0.439 e. The standard InChI is InChI=1S/C13H24O4Si/c1-9(14)17-13(2,18)15-7-3-4-10-5-6-11-12(8-10)16-11/h10-12H,3-8H2,1-2,18H3. The topological polar surface area (TPSA) is 48.1 Å². The first-order valence-corrected chi connectivity index (χ1v) is 7.95. The Kier molecular flexibility index (Phi) is 4.45. The molecule has 0 N–H and O–H groups in total. The van der Waals surface area contributed by atoms with Gasteiger partial charge in [-0.05, 0) is 44.9 Å². The highest BCUT2D eigenvalue weighted by Crippen LogP contribution is 2.40. The molecule has 0 spiro atoms. The molecule has 0 radical (unpaired) electrons. The number of epoxide rings is 1. The van der Waals surface area contributed by atoms with Crippen LogP contribution in [0.15, 0.2) is 0 Å². The second-order valence-electron chi connectivity index (χ2n) is 5.88. The van der Waals surface area contributed by atoms with Gasteiger partial charge in [0.25, 0.3) is 0 Å². The number of rotatable bonds is 6. The van der Waals surface area contributed by atoms with Crippen LogP contribution in [-0.4, -0.2) is 40.4 Å². The van der Waals surface area contributed by atoms with Gasteiger partial charge in [-0.3, -0.25) is 4.79 Å². The molecule has 0 amide bonds. The average Bonchev–Trinajstić information content (AvgIpc) is 3.00. The summed E-state index contributed by atoms with van der Waals surface area (Å²) in [6, 6.07) is 0. The van der Waals surface area contributed by atoms with Crippen LogP contribution < -0.4 is 0 Å². The van der Waals surface area contributed by atoms with Crippen LogP contribution in [0.4, 0.5) is 0 Å². The number of carbonyl (C=O) groups is 1. The molecule has 2 rings (SSSR count). The van der Waals surface area contributed by atoms with Crippen molar-refractivity contribution in [1.82, 2.24) is 0 Å². The van der Waals surface area contributed by atoms with Crippen LogP contribution in [0, 0.1) is 5.92 Å². The third-order valence-corrected chi connectivity index (χ3v) is 4.20. The van der Waals surface area contributed by atoms with E-state index in [0.29, 0.717) is 29.1 Å². The number of ether oxygens (including phenoxy) is 3. The van der Waals surface area contributed by atoms with Crippen LogP contribution in [0.5, 0.6) is 0 Å². The first-order chi connectivity index (χ1) is 8.46. The van der Waals surface area contributed by atoms with Gasteiger partial charge in [0.05, 0.1) is 29.1 Å². The number of esters is 1. The molecule has 0 aromatic rings. The summed E-state index contributed by atoms with van der Waals surface area (Å²) in [5.74, 6) is 0.531. The zero-order valence-electron chi connectivity index (χ0n) is 11.6. The molecule has 104 valence electrons. The highest BCUT2D eigenvalue weighted by atomic mass is 28.1. The summed E-state index contributed by atoms with van der Waals surface area (Å²) in [5.41, 5.74) is -0.664. The Morgan fingerprint density at radius 3 is 2.89 bits per heavy atom. The van der Waals surface area contributed by atoms with Crippen LogP contribution in [-0.2, 0) is 19.0 Å². The highest BCUT2D eigenvalue weighted by molar-refractivity contribution is 6.13. The van der Waals surface area contributed by atoms with E-state index in [1.54, 1.807) is 0 Å². The van der Waals surface area contributed by atoms with E-state index in [4.69, 9.17) is 14.2 Å². The Labute approximate surface area is 112 Å². The summed E-state index contributed by atoms with van der Waals surface area (Å²) < 4.78 is 16.3. The van der Waals surface area contributed by atoms with Crippen LogP contribution in [0.1, 0.15) is 46.0 Å². The summed E-state index contributed by atoms with van der Waals surface area (Å²) in [6.07, 6.45) is 7.16. The molecule has 4 atom stereocenters. The predicted molar refractivity (Wildman–Crippen MR) is 71.3 cm³/mol. The molecule has 1 aliphatic heterocycles. The molecular formula is C13H24O4Si. The summed E-state index contributed by atoms with van der Waals surface area (Å²) in [7, 11) is 0.691. The lowest BCUT2D eigenvalue weighted by Crippen LogP contribution is -2.35. The minimum atomic E-state index is -0.664. The van der Waals surface area contributed by atoms with E-state index in [1.807, 2.05) is 6.92 Å². The zero-order valence-corrected chi connectivity index (χ0v) is 13.6. The van der Waals surface area contributed by atoms with Crippen molar-refractivity contribution in [3.8, 4) is 0 Å². The van der Waals surface area contributed by atoms with Crippen molar-refractivity contribution < 1.29 is 19.0 Å². The fourth-order valence-electron chi connectivity index (χ4n) is 2.81. The first-order valence-electron chi connectivity index (χ1n) is 6.95. The Morgan fingerprint density at radius 2 is 2.22 bits per heavy atom. The van der Waals surface area contributed by atoms with Gasteiger partial charge in [-0.1, -0.05) is 0 Å². The molecular weight excluding hydrogens is 248 g/mol. The van der Waals surface area contributed by atoms with Gasteiger partial charge in [0, 0.05) is 6.92 Å². The lowest BCUT2D eigenvalue weighted by molar-refractivity contribution is -0.187. The second kappa shape index (κ2) is 5.71. The van der Waals surface area contributed by atoms with Gasteiger partial charge in [0.2, 0.25) is 0 Å². The van der Waals surface area contributed by atoms with Gasteiger partial charge in [-0.25, -0.2) is 0 Å². The smallest absolute Gasteiger partial charge is 0.304 e. The molecule has 0 aromatic heterocycles. The number of hydrogen-bond donors (Lipinski definition) is 0. The fourth-order valence-corrected chi connectivity index (χ4v) is 3.31. The zero-order chi connectivity index (χ0) is 13.2. The fraction of sp³-hybridized carbons (Fsp3) is 0.923. The van der Waals surface area contributed by atoms with Crippen molar-refractivity contribution >= 4 is 16.2 Å².